The van der Waals surface area contributed by atoms with E-state index in [1.54, 1.807) is 12.1 Å². The molecule has 0 spiro atoms. The smallest absolute Gasteiger partial charge is 0.167 e. The minimum absolute atomic E-state index is 0.00780. The molecule has 1 aromatic rings. The summed E-state index contributed by atoms with van der Waals surface area (Å²) in [4.78, 5) is 11.6. The Labute approximate surface area is 99.6 Å². The van der Waals surface area contributed by atoms with Crippen molar-refractivity contribution in [1.29, 1.82) is 0 Å². The second-order valence-electron chi connectivity index (χ2n) is 3.98. The summed E-state index contributed by atoms with van der Waals surface area (Å²) in [7, 11) is 0. The molecule has 0 aromatic heterocycles. The Balaban J connectivity index is 3.21. The zero-order valence-electron chi connectivity index (χ0n) is 9.39. The van der Waals surface area contributed by atoms with E-state index in [4.69, 9.17) is 17.3 Å². The topological polar surface area (TPSA) is 43.1 Å². The van der Waals surface area contributed by atoms with E-state index >= 15 is 0 Å². The number of hydrogen-bond donors (Lipinski definition) is 1. The van der Waals surface area contributed by atoms with Crippen LogP contribution in [0.5, 0.6) is 0 Å². The number of nitrogens with two attached hydrogens (primary N) is 1. The quantitative estimate of drug-likeness (QED) is 0.826. The maximum Gasteiger partial charge on any atom is 0.167 e. The normalized spacial score (nSPS) is 10.9. The third-order valence-corrected chi connectivity index (χ3v) is 2.66. The number of carbonyl (C=O) groups is 1. The van der Waals surface area contributed by atoms with Crippen molar-refractivity contribution in [2.75, 3.05) is 6.54 Å². The fourth-order valence-electron chi connectivity index (χ4n) is 1.41. The van der Waals surface area contributed by atoms with Gasteiger partial charge in [-0.3, -0.25) is 4.79 Å². The van der Waals surface area contributed by atoms with Crippen LogP contribution in [-0.4, -0.2) is 12.3 Å². The van der Waals surface area contributed by atoms with Crippen molar-refractivity contribution in [3.05, 3.63) is 34.1 Å². The van der Waals surface area contributed by atoms with Crippen LogP contribution in [0.1, 0.15) is 42.1 Å². The van der Waals surface area contributed by atoms with Gasteiger partial charge in [0.15, 0.2) is 11.6 Å². The SMILES string of the molecule is CC(C)c1cc(Cl)c(F)c(C(=O)CCN)c1. The van der Waals surface area contributed by atoms with Crippen LogP contribution in [0.15, 0.2) is 12.1 Å². The van der Waals surface area contributed by atoms with Gasteiger partial charge in [-0.2, -0.15) is 0 Å². The van der Waals surface area contributed by atoms with Crippen molar-refractivity contribution < 1.29 is 9.18 Å². The highest BCUT2D eigenvalue weighted by molar-refractivity contribution is 6.31. The third-order valence-electron chi connectivity index (χ3n) is 2.39. The number of hydrogen-bond acceptors (Lipinski definition) is 2. The van der Waals surface area contributed by atoms with Gasteiger partial charge >= 0.3 is 0 Å². The summed E-state index contributed by atoms with van der Waals surface area (Å²) in [5.41, 5.74) is 6.17. The molecular weight excluding hydrogens is 229 g/mol. The zero-order chi connectivity index (χ0) is 12.3. The summed E-state index contributed by atoms with van der Waals surface area (Å²) in [6.07, 6.45) is 0.134. The molecule has 0 aliphatic heterocycles. The molecule has 0 heterocycles. The van der Waals surface area contributed by atoms with E-state index in [1.807, 2.05) is 13.8 Å². The number of benzene rings is 1. The first-order chi connectivity index (χ1) is 7.47. The predicted molar refractivity (Wildman–Crippen MR) is 63.5 cm³/mol. The van der Waals surface area contributed by atoms with Crippen LogP contribution in [0.3, 0.4) is 0 Å². The van der Waals surface area contributed by atoms with Gasteiger partial charge in [-0.05, 0) is 30.2 Å². The van der Waals surface area contributed by atoms with E-state index in [0.29, 0.717) is 0 Å². The van der Waals surface area contributed by atoms with Crippen molar-refractivity contribution >= 4 is 17.4 Å². The molecule has 2 N–H and O–H groups in total. The summed E-state index contributed by atoms with van der Waals surface area (Å²) in [5, 5.41) is -0.00780. The number of halogens is 2. The summed E-state index contributed by atoms with van der Waals surface area (Å²) < 4.78 is 13.6. The second kappa shape index (κ2) is 5.41. The highest BCUT2D eigenvalue weighted by Crippen LogP contribution is 2.26. The van der Waals surface area contributed by atoms with Crippen LogP contribution in [-0.2, 0) is 0 Å². The van der Waals surface area contributed by atoms with E-state index in [1.165, 1.54) is 0 Å². The minimum atomic E-state index is -0.649. The molecule has 0 saturated carbocycles. The lowest BCUT2D eigenvalue weighted by atomic mass is 9.98. The summed E-state index contributed by atoms with van der Waals surface area (Å²) in [6, 6.07) is 3.12. The first-order valence-corrected chi connectivity index (χ1v) is 5.57. The molecule has 0 amide bonds. The Morgan fingerprint density at radius 3 is 2.62 bits per heavy atom. The number of Topliss-reactive ketones (excluding diaryl/α,β-unsaturated/α-hetero) is 1. The highest BCUT2D eigenvalue weighted by atomic mass is 35.5. The molecule has 0 bridgehead atoms. The van der Waals surface area contributed by atoms with Crippen LogP contribution in [0.2, 0.25) is 5.02 Å². The molecule has 1 aromatic carbocycles. The van der Waals surface area contributed by atoms with Gasteiger partial charge in [0.05, 0.1) is 10.6 Å². The summed E-state index contributed by atoms with van der Waals surface area (Å²) in [5.74, 6) is -0.753. The van der Waals surface area contributed by atoms with Gasteiger partial charge in [0, 0.05) is 6.42 Å². The monoisotopic (exact) mass is 243 g/mol. The zero-order valence-corrected chi connectivity index (χ0v) is 10.1. The molecule has 0 fully saturated rings. The van der Waals surface area contributed by atoms with Gasteiger partial charge in [-0.1, -0.05) is 25.4 Å². The largest absolute Gasteiger partial charge is 0.330 e. The van der Waals surface area contributed by atoms with E-state index in [0.717, 1.165) is 5.56 Å². The summed E-state index contributed by atoms with van der Waals surface area (Å²) >= 11 is 5.75. The Bertz CT molecular complexity index is 404. The molecule has 0 radical (unpaired) electrons. The van der Waals surface area contributed by atoms with E-state index in [2.05, 4.69) is 0 Å². The Morgan fingerprint density at radius 2 is 2.12 bits per heavy atom. The van der Waals surface area contributed by atoms with E-state index < -0.39 is 5.82 Å². The average molecular weight is 244 g/mol. The molecule has 0 atom stereocenters. The fourth-order valence-corrected chi connectivity index (χ4v) is 1.64. The molecule has 0 unspecified atom stereocenters. The standard InChI is InChI=1S/C12H15ClFNO/c1-7(2)8-5-9(11(16)3-4-15)12(14)10(13)6-8/h5-7H,3-4,15H2,1-2H3. The fraction of sp³-hybridized carbons (Fsp3) is 0.417. The Hall–Kier alpha value is -0.930. The van der Waals surface area contributed by atoms with Crippen molar-refractivity contribution in [2.45, 2.75) is 26.2 Å². The first kappa shape index (κ1) is 13.1. The van der Waals surface area contributed by atoms with Crippen LogP contribution < -0.4 is 5.73 Å². The maximum atomic E-state index is 13.6. The molecule has 4 heteroatoms. The molecule has 0 saturated heterocycles. The molecule has 1 rings (SSSR count). The number of ketones is 1. The van der Waals surface area contributed by atoms with Crippen molar-refractivity contribution in [3.63, 3.8) is 0 Å². The molecule has 2 nitrogen and oxygen atoms in total. The van der Waals surface area contributed by atoms with Gasteiger partial charge in [0.2, 0.25) is 0 Å². The predicted octanol–water partition coefficient (Wildman–Crippen LogP) is 3.13. The van der Waals surface area contributed by atoms with Crippen LogP contribution in [0.4, 0.5) is 4.39 Å². The lowest BCUT2D eigenvalue weighted by molar-refractivity contribution is 0.0981. The van der Waals surface area contributed by atoms with Gasteiger partial charge in [-0.15, -0.1) is 0 Å². The first-order valence-electron chi connectivity index (χ1n) is 5.19. The van der Waals surface area contributed by atoms with Crippen LogP contribution >= 0.6 is 11.6 Å². The highest BCUT2D eigenvalue weighted by Gasteiger charge is 2.16. The molecule has 16 heavy (non-hydrogen) atoms. The van der Waals surface area contributed by atoms with Gasteiger partial charge in [0.1, 0.15) is 0 Å². The van der Waals surface area contributed by atoms with Crippen molar-refractivity contribution in [2.24, 2.45) is 5.73 Å². The second-order valence-corrected chi connectivity index (χ2v) is 4.39. The third kappa shape index (κ3) is 2.80. The lowest BCUT2D eigenvalue weighted by Gasteiger charge is -2.10. The number of carbonyl (C=O) groups excluding carboxylic acids is 1. The molecule has 0 aliphatic carbocycles. The van der Waals surface area contributed by atoms with E-state index in [9.17, 15) is 9.18 Å². The van der Waals surface area contributed by atoms with E-state index in [-0.39, 0.29) is 35.3 Å². The van der Waals surface area contributed by atoms with Crippen LogP contribution in [0, 0.1) is 5.82 Å². The van der Waals surface area contributed by atoms with Crippen molar-refractivity contribution in [1.82, 2.24) is 0 Å². The van der Waals surface area contributed by atoms with Gasteiger partial charge < -0.3 is 5.73 Å². The van der Waals surface area contributed by atoms with Gasteiger partial charge in [0.25, 0.3) is 0 Å². The maximum absolute atomic E-state index is 13.6. The molecule has 88 valence electrons. The van der Waals surface area contributed by atoms with Gasteiger partial charge in [-0.25, -0.2) is 4.39 Å². The van der Waals surface area contributed by atoms with Crippen LogP contribution in [0.25, 0.3) is 0 Å². The average Bonchev–Trinajstić information content (AvgIpc) is 2.21. The molecule has 0 aliphatic rings. The lowest BCUT2D eigenvalue weighted by Crippen LogP contribution is -2.10. The molecular formula is C12H15ClFNO. The number of rotatable bonds is 4. The van der Waals surface area contributed by atoms with Crippen molar-refractivity contribution in [3.8, 4) is 0 Å². The summed E-state index contributed by atoms with van der Waals surface area (Å²) in [6.45, 7) is 4.13. The minimum Gasteiger partial charge on any atom is -0.330 e. The Morgan fingerprint density at radius 1 is 1.50 bits per heavy atom. The Kier molecular flexibility index (Phi) is 4.44.